The van der Waals surface area contributed by atoms with Crippen molar-refractivity contribution >= 4 is 46.3 Å². The molecule has 0 aliphatic rings. The number of halogens is 3. The number of hydrogen-bond donors (Lipinski definition) is 0. The first-order chi connectivity index (χ1) is 3.79. The molecule has 0 atom stereocenters. The minimum Gasteiger partial charge on any atom is -1.00 e. The molecule has 0 spiro atoms. The molecule has 0 aliphatic carbocycles. The smallest absolute Gasteiger partial charge is 1.00 e. The van der Waals surface area contributed by atoms with E-state index in [-0.39, 0.29) is 35.5 Å². The second-order valence-corrected chi connectivity index (χ2v) is 2.20. The van der Waals surface area contributed by atoms with Crippen molar-refractivity contribution in [1.29, 1.82) is 0 Å². The molecule has 50 valence electrons. The van der Waals surface area contributed by atoms with Crippen LogP contribution in [0.5, 0.6) is 0 Å². The summed E-state index contributed by atoms with van der Waals surface area (Å²) >= 11 is 11.0. The van der Waals surface area contributed by atoms with E-state index in [2.05, 4.69) is 6.07 Å². The van der Waals surface area contributed by atoms with E-state index in [1.54, 1.807) is 18.2 Å². The summed E-state index contributed by atoms with van der Waals surface area (Å²) in [6, 6.07) is 7.81. The molecule has 0 N–H and O–H groups in total. The fourth-order valence-corrected chi connectivity index (χ4v) is 0.820. The number of benzene rings is 1. The predicted octanol–water partition coefficient (Wildman–Crippen LogP) is -0.583. The monoisotopic (exact) mass is 204 g/mol. The van der Waals surface area contributed by atoms with E-state index in [0.717, 1.165) is 0 Å². The summed E-state index contributed by atoms with van der Waals surface area (Å²) in [6.45, 7) is 0. The predicted molar refractivity (Wildman–Crippen MR) is 41.1 cm³/mol. The average Bonchev–Trinajstić information content (AvgIpc) is 1.64. The van der Waals surface area contributed by atoms with Crippen LogP contribution in [0.1, 0.15) is 0 Å². The Balaban J connectivity index is 0. The summed E-state index contributed by atoms with van der Waals surface area (Å²) in [6.07, 6.45) is 0. The topological polar surface area (TPSA) is 0 Å². The Hall–Kier alpha value is 0.856. The van der Waals surface area contributed by atoms with Crippen molar-refractivity contribution in [2.45, 2.75) is 0 Å². The maximum absolute atomic E-state index is 5.54. The van der Waals surface area contributed by atoms with E-state index in [0.29, 0.717) is 10.0 Å². The summed E-state index contributed by atoms with van der Waals surface area (Å²) in [5, 5.41) is 1.20. The maximum Gasteiger partial charge on any atom is 2.00 e. The van der Waals surface area contributed by atoms with Gasteiger partial charge in [-0.3, -0.25) is 0 Å². The van der Waals surface area contributed by atoms with E-state index in [1.165, 1.54) is 0 Å². The molecule has 1 aromatic carbocycles. The summed E-state index contributed by atoms with van der Waals surface area (Å²) in [5.74, 6) is 0. The second kappa shape index (κ2) is 6.56. The summed E-state index contributed by atoms with van der Waals surface area (Å²) in [7, 11) is 0. The van der Waals surface area contributed by atoms with E-state index < -0.39 is 0 Å². The molecular formula is C6H3Cl3Mg. The van der Waals surface area contributed by atoms with Gasteiger partial charge >= 0.3 is 23.1 Å². The van der Waals surface area contributed by atoms with Crippen LogP contribution in [0, 0.1) is 6.07 Å². The minimum atomic E-state index is 0. The van der Waals surface area contributed by atoms with Crippen molar-refractivity contribution in [3.05, 3.63) is 34.3 Å². The van der Waals surface area contributed by atoms with Gasteiger partial charge in [0.1, 0.15) is 0 Å². The third-order valence-corrected chi connectivity index (χ3v) is 1.18. The van der Waals surface area contributed by atoms with E-state index in [1.807, 2.05) is 0 Å². The first-order valence-electron chi connectivity index (χ1n) is 2.12. The molecule has 4 heteroatoms. The van der Waals surface area contributed by atoms with Gasteiger partial charge in [0.05, 0.1) is 0 Å². The fourth-order valence-electron chi connectivity index (χ4n) is 0.412. The third-order valence-electron chi connectivity index (χ3n) is 0.728. The van der Waals surface area contributed by atoms with Crippen molar-refractivity contribution in [2.24, 2.45) is 0 Å². The van der Waals surface area contributed by atoms with Crippen LogP contribution in [0.4, 0.5) is 0 Å². The Morgan fingerprint density at radius 2 is 1.90 bits per heavy atom. The molecular weight excluding hydrogens is 203 g/mol. The summed E-state index contributed by atoms with van der Waals surface area (Å²) < 4.78 is 0. The zero-order valence-electron chi connectivity index (χ0n) is 5.07. The van der Waals surface area contributed by atoms with Gasteiger partial charge in [-0.25, -0.2) is 0 Å². The van der Waals surface area contributed by atoms with E-state index in [4.69, 9.17) is 23.2 Å². The van der Waals surface area contributed by atoms with Crippen LogP contribution in [0.3, 0.4) is 0 Å². The van der Waals surface area contributed by atoms with Crippen molar-refractivity contribution < 1.29 is 12.4 Å². The first-order valence-corrected chi connectivity index (χ1v) is 2.87. The van der Waals surface area contributed by atoms with Gasteiger partial charge in [-0.15, -0.1) is 29.3 Å². The molecule has 0 saturated carbocycles. The van der Waals surface area contributed by atoms with Gasteiger partial charge in [0, 0.05) is 0 Å². The Bertz CT molecular complexity index is 173. The number of rotatable bonds is 0. The first kappa shape index (κ1) is 13.4. The van der Waals surface area contributed by atoms with Crippen LogP contribution in [0.15, 0.2) is 18.2 Å². The molecule has 0 bridgehead atoms. The minimum absolute atomic E-state index is 0. The van der Waals surface area contributed by atoms with E-state index in [9.17, 15) is 0 Å². The molecule has 1 rings (SSSR count). The number of hydrogen-bond acceptors (Lipinski definition) is 0. The zero-order chi connectivity index (χ0) is 5.98. The van der Waals surface area contributed by atoms with E-state index >= 15 is 0 Å². The molecule has 10 heavy (non-hydrogen) atoms. The molecule has 0 heterocycles. The molecule has 0 amide bonds. The molecule has 0 aliphatic heterocycles. The van der Waals surface area contributed by atoms with Crippen LogP contribution in [-0.2, 0) is 0 Å². The molecule has 0 fully saturated rings. The third kappa shape index (κ3) is 4.64. The van der Waals surface area contributed by atoms with Crippen molar-refractivity contribution in [3.8, 4) is 0 Å². The molecule has 0 radical (unpaired) electrons. The molecule has 1 aromatic rings. The maximum atomic E-state index is 5.54. The summed E-state index contributed by atoms with van der Waals surface area (Å²) in [5.41, 5.74) is 0. The van der Waals surface area contributed by atoms with Crippen LogP contribution in [0.25, 0.3) is 0 Å². The Morgan fingerprint density at radius 1 is 1.30 bits per heavy atom. The summed E-state index contributed by atoms with van der Waals surface area (Å²) in [4.78, 5) is 0. The van der Waals surface area contributed by atoms with Crippen LogP contribution >= 0.6 is 23.2 Å². The fraction of sp³-hybridized carbons (Fsp3) is 0. The van der Waals surface area contributed by atoms with Crippen molar-refractivity contribution in [1.82, 2.24) is 0 Å². The molecule has 0 aromatic heterocycles. The second-order valence-electron chi connectivity index (χ2n) is 1.35. The molecule has 0 unspecified atom stereocenters. The van der Waals surface area contributed by atoms with Crippen LogP contribution in [-0.4, -0.2) is 23.1 Å². The largest absolute Gasteiger partial charge is 2.00 e. The Morgan fingerprint density at radius 3 is 2.20 bits per heavy atom. The van der Waals surface area contributed by atoms with Gasteiger partial charge < -0.3 is 12.4 Å². The molecule has 0 nitrogen and oxygen atoms in total. The van der Waals surface area contributed by atoms with Gasteiger partial charge in [-0.2, -0.15) is 18.2 Å². The standard InChI is InChI=1S/C6H3Cl2.ClH.Mg/c7-5-2-1-3-6(8)4-5;;/h1-2,4H;1H;/q-1;;+2/p-1. The van der Waals surface area contributed by atoms with Crippen LogP contribution < -0.4 is 12.4 Å². The van der Waals surface area contributed by atoms with Gasteiger partial charge in [0.2, 0.25) is 0 Å². The Labute approximate surface area is 92.5 Å². The normalized spacial score (nSPS) is 7.40. The van der Waals surface area contributed by atoms with Gasteiger partial charge in [0.25, 0.3) is 0 Å². The van der Waals surface area contributed by atoms with Gasteiger partial charge in [0.15, 0.2) is 0 Å². The SMILES string of the molecule is Clc1[c-]ccc(Cl)c1.[Cl-].[Mg+2]. The van der Waals surface area contributed by atoms with Gasteiger partial charge in [-0.05, 0) is 0 Å². The van der Waals surface area contributed by atoms with Crippen molar-refractivity contribution in [2.75, 3.05) is 0 Å². The quantitative estimate of drug-likeness (QED) is 0.393. The van der Waals surface area contributed by atoms with Gasteiger partial charge in [-0.1, -0.05) is 10.0 Å². The molecule has 0 saturated heterocycles. The Kier molecular flexibility index (Phi) is 8.82. The van der Waals surface area contributed by atoms with Crippen molar-refractivity contribution in [3.63, 3.8) is 0 Å². The zero-order valence-corrected chi connectivity index (χ0v) is 8.76. The van der Waals surface area contributed by atoms with Crippen LogP contribution in [0.2, 0.25) is 10.0 Å². The average molecular weight is 206 g/mol.